The second kappa shape index (κ2) is 5.89. The highest BCUT2D eigenvalue weighted by molar-refractivity contribution is 4.77. The molecule has 1 unspecified atom stereocenters. The molecule has 1 heteroatoms. The molecule has 2 aliphatic carbocycles. The Labute approximate surface area is 95.0 Å². The zero-order chi connectivity index (χ0) is 10.5. The van der Waals surface area contributed by atoms with Crippen LogP contribution in [-0.2, 0) is 0 Å². The van der Waals surface area contributed by atoms with Crippen molar-refractivity contribution in [2.75, 3.05) is 6.54 Å². The monoisotopic (exact) mass is 209 g/mol. The fraction of sp³-hybridized carbons (Fsp3) is 1.00. The molecule has 0 bridgehead atoms. The fourth-order valence-electron chi connectivity index (χ4n) is 2.93. The van der Waals surface area contributed by atoms with Crippen molar-refractivity contribution in [1.29, 1.82) is 0 Å². The lowest BCUT2D eigenvalue weighted by Crippen LogP contribution is -2.35. The lowest BCUT2D eigenvalue weighted by molar-refractivity contribution is 0.280. The Balaban J connectivity index is 1.52. The van der Waals surface area contributed by atoms with E-state index >= 15 is 0 Å². The van der Waals surface area contributed by atoms with Crippen LogP contribution in [0.15, 0.2) is 0 Å². The first kappa shape index (κ1) is 11.4. The molecule has 0 aromatic carbocycles. The quantitative estimate of drug-likeness (QED) is 0.657. The van der Waals surface area contributed by atoms with E-state index in [0.29, 0.717) is 0 Å². The van der Waals surface area contributed by atoms with Gasteiger partial charge in [0.1, 0.15) is 0 Å². The summed E-state index contributed by atoms with van der Waals surface area (Å²) in [4.78, 5) is 0. The van der Waals surface area contributed by atoms with Crippen LogP contribution in [0.3, 0.4) is 0 Å². The molecule has 88 valence electrons. The molecule has 0 spiro atoms. The third-order valence-electron chi connectivity index (χ3n) is 4.31. The van der Waals surface area contributed by atoms with Crippen LogP contribution in [0.5, 0.6) is 0 Å². The van der Waals surface area contributed by atoms with E-state index in [1.165, 1.54) is 64.3 Å². The van der Waals surface area contributed by atoms with E-state index in [1.807, 2.05) is 0 Å². The molecule has 0 heterocycles. The molecule has 0 amide bonds. The van der Waals surface area contributed by atoms with Crippen LogP contribution in [0.25, 0.3) is 0 Å². The van der Waals surface area contributed by atoms with Crippen LogP contribution < -0.4 is 5.32 Å². The van der Waals surface area contributed by atoms with E-state index in [-0.39, 0.29) is 0 Å². The highest BCUT2D eigenvalue weighted by Gasteiger charge is 2.21. The Morgan fingerprint density at radius 2 is 1.80 bits per heavy atom. The van der Waals surface area contributed by atoms with Gasteiger partial charge in [-0.3, -0.25) is 0 Å². The van der Waals surface area contributed by atoms with E-state index in [9.17, 15) is 0 Å². The molecule has 2 rings (SSSR count). The van der Waals surface area contributed by atoms with E-state index in [1.54, 1.807) is 0 Å². The summed E-state index contributed by atoms with van der Waals surface area (Å²) in [6, 6.07) is 0.768. The number of hydrogen-bond donors (Lipinski definition) is 1. The summed E-state index contributed by atoms with van der Waals surface area (Å²) >= 11 is 0. The molecule has 2 saturated carbocycles. The van der Waals surface area contributed by atoms with Gasteiger partial charge in [-0.05, 0) is 51.0 Å². The van der Waals surface area contributed by atoms with Crippen LogP contribution >= 0.6 is 0 Å². The number of rotatable bonds is 6. The molecule has 0 aromatic rings. The standard InChI is InChI=1S/C14H27N/c1-12(14-7-3-2-4-8-14)15-11-5-6-13-9-10-13/h12-15H,2-11H2,1H3. The highest BCUT2D eigenvalue weighted by Crippen LogP contribution is 2.33. The highest BCUT2D eigenvalue weighted by atomic mass is 14.9. The van der Waals surface area contributed by atoms with Gasteiger partial charge in [0.2, 0.25) is 0 Å². The van der Waals surface area contributed by atoms with Crippen molar-refractivity contribution < 1.29 is 0 Å². The Hall–Kier alpha value is -0.0400. The zero-order valence-electron chi connectivity index (χ0n) is 10.3. The van der Waals surface area contributed by atoms with E-state index in [2.05, 4.69) is 12.2 Å². The van der Waals surface area contributed by atoms with Gasteiger partial charge >= 0.3 is 0 Å². The van der Waals surface area contributed by atoms with Crippen LogP contribution in [0.2, 0.25) is 0 Å². The van der Waals surface area contributed by atoms with Crippen molar-refractivity contribution >= 4 is 0 Å². The van der Waals surface area contributed by atoms with E-state index < -0.39 is 0 Å². The Bertz CT molecular complexity index is 168. The Morgan fingerprint density at radius 3 is 2.47 bits per heavy atom. The summed E-state index contributed by atoms with van der Waals surface area (Å²) in [5, 5.41) is 3.74. The van der Waals surface area contributed by atoms with Gasteiger partial charge in [-0.25, -0.2) is 0 Å². The molecule has 1 atom stereocenters. The first-order valence-corrected chi connectivity index (χ1v) is 7.09. The summed E-state index contributed by atoms with van der Waals surface area (Å²) in [6.45, 7) is 3.65. The fourth-order valence-corrected chi connectivity index (χ4v) is 2.93. The maximum Gasteiger partial charge on any atom is 0.00669 e. The molecule has 0 radical (unpaired) electrons. The first-order valence-electron chi connectivity index (χ1n) is 7.09. The summed E-state index contributed by atoms with van der Waals surface area (Å²) in [5.41, 5.74) is 0. The topological polar surface area (TPSA) is 12.0 Å². The number of hydrogen-bond acceptors (Lipinski definition) is 1. The van der Waals surface area contributed by atoms with Crippen LogP contribution in [0.4, 0.5) is 0 Å². The average Bonchev–Trinajstić information content (AvgIpc) is 3.09. The van der Waals surface area contributed by atoms with E-state index in [0.717, 1.165) is 17.9 Å². The van der Waals surface area contributed by atoms with Crippen molar-refractivity contribution in [3.8, 4) is 0 Å². The molecule has 0 aromatic heterocycles. The minimum Gasteiger partial charge on any atom is -0.314 e. The smallest absolute Gasteiger partial charge is 0.00669 e. The second-order valence-corrected chi connectivity index (χ2v) is 5.73. The lowest BCUT2D eigenvalue weighted by Gasteiger charge is -2.28. The van der Waals surface area contributed by atoms with Gasteiger partial charge in [-0.15, -0.1) is 0 Å². The van der Waals surface area contributed by atoms with Gasteiger partial charge in [-0.1, -0.05) is 32.1 Å². The molecule has 1 nitrogen and oxygen atoms in total. The predicted molar refractivity (Wildman–Crippen MR) is 66.0 cm³/mol. The SMILES string of the molecule is CC(NCCCC1CC1)C1CCCCC1. The van der Waals surface area contributed by atoms with Crippen molar-refractivity contribution in [2.24, 2.45) is 11.8 Å². The van der Waals surface area contributed by atoms with Gasteiger partial charge in [-0.2, -0.15) is 0 Å². The van der Waals surface area contributed by atoms with Gasteiger partial charge in [0.05, 0.1) is 0 Å². The molecule has 15 heavy (non-hydrogen) atoms. The molecule has 0 aliphatic heterocycles. The molecule has 0 saturated heterocycles. The normalized spacial score (nSPS) is 25.4. The minimum absolute atomic E-state index is 0.768. The molecular formula is C14H27N. The third kappa shape index (κ3) is 4.14. The molecular weight excluding hydrogens is 182 g/mol. The summed E-state index contributed by atoms with van der Waals surface area (Å²) < 4.78 is 0. The van der Waals surface area contributed by atoms with Gasteiger partial charge < -0.3 is 5.32 Å². The van der Waals surface area contributed by atoms with Gasteiger partial charge in [0.25, 0.3) is 0 Å². The maximum atomic E-state index is 3.74. The second-order valence-electron chi connectivity index (χ2n) is 5.73. The summed E-state index contributed by atoms with van der Waals surface area (Å²) in [7, 11) is 0. The Morgan fingerprint density at radius 1 is 1.07 bits per heavy atom. The average molecular weight is 209 g/mol. The van der Waals surface area contributed by atoms with Gasteiger partial charge in [0, 0.05) is 6.04 Å². The van der Waals surface area contributed by atoms with Crippen LogP contribution in [-0.4, -0.2) is 12.6 Å². The van der Waals surface area contributed by atoms with Crippen LogP contribution in [0, 0.1) is 11.8 Å². The molecule has 2 aliphatic rings. The van der Waals surface area contributed by atoms with Crippen molar-refractivity contribution in [3.05, 3.63) is 0 Å². The van der Waals surface area contributed by atoms with Crippen LogP contribution in [0.1, 0.15) is 64.7 Å². The summed E-state index contributed by atoms with van der Waals surface area (Å²) in [6.07, 6.45) is 13.3. The zero-order valence-corrected chi connectivity index (χ0v) is 10.3. The minimum atomic E-state index is 0.768. The molecule has 2 fully saturated rings. The van der Waals surface area contributed by atoms with Crippen molar-refractivity contribution in [3.63, 3.8) is 0 Å². The predicted octanol–water partition coefficient (Wildman–Crippen LogP) is 3.74. The lowest BCUT2D eigenvalue weighted by atomic mass is 9.84. The number of nitrogens with one attached hydrogen (secondary N) is 1. The van der Waals surface area contributed by atoms with Crippen molar-refractivity contribution in [1.82, 2.24) is 5.32 Å². The Kier molecular flexibility index (Phi) is 4.49. The summed E-state index contributed by atoms with van der Waals surface area (Å²) in [5.74, 6) is 2.08. The van der Waals surface area contributed by atoms with E-state index in [4.69, 9.17) is 0 Å². The maximum absolute atomic E-state index is 3.74. The van der Waals surface area contributed by atoms with Crippen molar-refractivity contribution in [2.45, 2.75) is 70.8 Å². The molecule has 1 N–H and O–H groups in total. The first-order chi connectivity index (χ1) is 7.36. The third-order valence-corrected chi connectivity index (χ3v) is 4.31. The van der Waals surface area contributed by atoms with Gasteiger partial charge in [0.15, 0.2) is 0 Å². The largest absolute Gasteiger partial charge is 0.314 e.